The molecule has 0 saturated heterocycles. The van der Waals surface area contributed by atoms with Crippen LogP contribution in [-0.2, 0) is 7.05 Å². The first-order chi connectivity index (χ1) is 10.8. The van der Waals surface area contributed by atoms with Crippen molar-refractivity contribution >= 4 is 17.5 Å². The van der Waals surface area contributed by atoms with Crippen molar-refractivity contribution in [3.8, 4) is 0 Å². The highest BCUT2D eigenvalue weighted by Gasteiger charge is 2.59. The fourth-order valence-electron chi connectivity index (χ4n) is 5.96. The molecule has 4 saturated carbocycles. The molecule has 1 amide bonds. The van der Waals surface area contributed by atoms with Crippen LogP contribution in [0.3, 0.4) is 0 Å². The average molecular weight is 337 g/mol. The highest BCUT2D eigenvalue weighted by Crippen LogP contribution is 2.62. The minimum atomic E-state index is -0.489. The van der Waals surface area contributed by atoms with Crippen molar-refractivity contribution < 1.29 is 9.90 Å². The highest BCUT2D eigenvalue weighted by molar-refractivity contribution is 6.31. The number of carbonyl (C=O) groups excluding carboxylic acids is 1. The van der Waals surface area contributed by atoms with Crippen molar-refractivity contribution in [2.75, 3.05) is 0 Å². The highest BCUT2D eigenvalue weighted by atomic mass is 35.5. The van der Waals surface area contributed by atoms with Gasteiger partial charge in [-0.1, -0.05) is 11.6 Å². The van der Waals surface area contributed by atoms with Gasteiger partial charge in [-0.15, -0.1) is 0 Å². The summed E-state index contributed by atoms with van der Waals surface area (Å²) >= 11 is 5.99. The number of amides is 1. The van der Waals surface area contributed by atoms with Crippen LogP contribution in [0.2, 0.25) is 5.02 Å². The van der Waals surface area contributed by atoms with Gasteiger partial charge in [0.1, 0.15) is 5.69 Å². The van der Waals surface area contributed by atoms with Gasteiger partial charge in [0.2, 0.25) is 0 Å². The van der Waals surface area contributed by atoms with Crippen LogP contribution in [0.5, 0.6) is 0 Å². The number of nitrogens with zero attached hydrogens (tertiary/aromatic N) is 1. The molecule has 1 aromatic heterocycles. The van der Waals surface area contributed by atoms with E-state index in [-0.39, 0.29) is 17.4 Å². The molecule has 5 heteroatoms. The first-order valence-corrected chi connectivity index (χ1v) is 9.02. The summed E-state index contributed by atoms with van der Waals surface area (Å²) in [5, 5.41) is 14.7. The first kappa shape index (κ1) is 15.5. The van der Waals surface area contributed by atoms with Crippen LogP contribution < -0.4 is 5.32 Å². The molecule has 0 radical (unpaired) electrons. The van der Waals surface area contributed by atoms with E-state index >= 15 is 0 Å². The van der Waals surface area contributed by atoms with Crippen molar-refractivity contribution in [2.24, 2.45) is 24.3 Å². The summed E-state index contributed by atoms with van der Waals surface area (Å²) in [6.07, 6.45) is 8.04. The Labute approximate surface area is 142 Å². The second-order valence-electron chi connectivity index (χ2n) is 8.40. The van der Waals surface area contributed by atoms with Gasteiger partial charge >= 0.3 is 0 Å². The van der Waals surface area contributed by atoms with E-state index in [1.54, 1.807) is 16.8 Å². The lowest BCUT2D eigenvalue weighted by molar-refractivity contribution is -0.171. The molecule has 2 N–H and O–H groups in total. The molecule has 1 aromatic rings. The third-order valence-electron chi connectivity index (χ3n) is 6.55. The molecule has 4 fully saturated rings. The largest absolute Gasteiger partial charge is 0.390 e. The van der Waals surface area contributed by atoms with E-state index in [9.17, 15) is 9.90 Å². The first-order valence-electron chi connectivity index (χ1n) is 8.64. The number of rotatable bonds is 3. The van der Waals surface area contributed by atoms with Gasteiger partial charge in [-0.25, -0.2) is 0 Å². The summed E-state index contributed by atoms with van der Waals surface area (Å²) in [5.41, 5.74) is 0.158. The summed E-state index contributed by atoms with van der Waals surface area (Å²) in [7, 11) is 1.83. The maximum atomic E-state index is 12.6. The lowest BCUT2D eigenvalue weighted by Gasteiger charge is -2.62. The van der Waals surface area contributed by atoms with E-state index in [0.29, 0.717) is 22.6 Å². The summed E-state index contributed by atoms with van der Waals surface area (Å²) in [6.45, 7) is 2.11. The molecule has 0 aromatic carbocycles. The van der Waals surface area contributed by atoms with E-state index < -0.39 is 5.60 Å². The second kappa shape index (κ2) is 5.00. The van der Waals surface area contributed by atoms with Gasteiger partial charge < -0.3 is 15.0 Å². The van der Waals surface area contributed by atoms with E-state index in [1.807, 2.05) is 7.05 Å². The zero-order valence-electron chi connectivity index (χ0n) is 13.8. The van der Waals surface area contributed by atoms with Gasteiger partial charge in [0.15, 0.2) is 0 Å². The molecular formula is C18H25ClN2O2. The maximum absolute atomic E-state index is 12.6. The van der Waals surface area contributed by atoms with Gasteiger partial charge in [0.25, 0.3) is 5.91 Å². The van der Waals surface area contributed by atoms with Crippen molar-refractivity contribution in [1.82, 2.24) is 9.88 Å². The summed E-state index contributed by atoms with van der Waals surface area (Å²) in [5.74, 6) is 1.19. The Morgan fingerprint density at radius 3 is 2.57 bits per heavy atom. The van der Waals surface area contributed by atoms with Crippen molar-refractivity contribution in [1.29, 1.82) is 0 Å². The van der Waals surface area contributed by atoms with Gasteiger partial charge in [-0.3, -0.25) is 4.79 Å². The van der Waals surface area contributed by atoms with E-state index in [1.165, 1.54) is 6.42 Å². The molecule has 0 unspecified atom stereocenters. The summed E-state index contributed by atoms with van der Waals surface area (Å²) in [6, 6.07) is 1.78. The second-order valence-corrected chi connectivity index (χ2v) is 8.83. The summed E-state index contributed by atoms with van der Waals surface area (Å²) in [4.78, 5) is 12.6. The Morgan fingerprint density at radius 1 is 1.39 bits per heavy atom. The topological polar surface area (TPSA) is 54.3 Å². The smallest absolute Gasteiger partial charge is 0.268 e. The van der Waals surface area contributed by atoms with Crippen LogP contribution in [0.15, 0.2) is 12.3 Å². The van der Waals surface area contributed by atoms with Crippen molar-refractivity contribution in [3.63, 3.8) is 0 Å². The lowest BCUT2D eigenvalue weighted by Crippen LogP contribution is -2.61. The maximum Gasteiger partial charge on any atom is 0.268 e. The lowest BCUT2D eigenvalue weighted by atomic mass is 9.46. The van der Waals surface area contributed by atoms with Crippen LogP contribution >= 0.6 is 11.6 Å². The van der Waals surface area contributed by atoms with Crippen LogP contribution in [0, 0.1) is 17.3 Å². The number of carbonyl (C=O) groups is 1. The predicted octanol–water partition coefficient (Wildman–Crippen LogP) is 3.13. The van der Waals surface area contributed by atoms with E-state index in [0.717, 1.165) is 32.1 Å². The standard InChI is InChI=1S/C18H25ClN2O2/c1-11(20-16(22)15-4-14(19)9-21(15)2)17-5-12-3-13(6-17)8-18(23,7-12)10-17/h4,9,11-13,23H,3,5-8,10H2,1-2H3,(H,20,22)/t11-,12-,13-,17?,18?/m1/s1. The zero-order valence-corrected chi connectivity index (χ0v) is 14.6. The Balaban J connectivity index is 1.54. The number of aryl methyl sites for hydroxylation is 1. The minimum absolute atomic E-state index is 0.0590. The van der Waals surface area contributed by atoms with Crippen LogP contribution in [0.25, 0.3) is 0 Å². The molecule has 4 nitrogen and oxygen atoms in total. The predicted molar refractivity (Wildman–Crippen MR) is 89.4 cm³/mol. The normalized spacial score (nSPS) is 39.5. The molecule has 0 spiro atoms. The van der Waals surface area contributed by atoms with Crippen LogP contribution in [-0.4, -0.2) is 27.2 Å². The molecule has 4 bridgehead atoms. The average Bonchev–Trinajstić information content (AvgIpc) is 2.74. The Bertz CT molecular complexity index is 639. The number of hydrogen-bond acceptors (Lipinski definition) is 2. The number of halogens is 1. The number of aromatic nitrogens is 1. The van der Waals surface area contributed by atoms with Crippen LogP contribution in [0.1, 0.15) is 55.9 Å². The fraction of sp³-hybridized carbons (Fsp3) is 0.722. The van der Waals surface area contributed by atoms with Crippen molar-refractivity contribution in [2.45, 2.75) is 57.1 Å². The molecule has 5 rings (SSSR count). The van der Waals surface area contributed by atoms with Gasteiger partial charge in [0, 0.05) is 19.3 Å². The fourth-order valence-corrected chi connectivity index (χ4v) is 6.21. The molecule has 23 heavy (non-hydrogen) atoms. The summed E-state index contributed by atoms with van der Waals surface area (Å²) < 4.78 is 1.76. The molecule has 126 valence electrons. The van der Waals surface area contributed by atoms with E-state index in [4.69, 9.17) is 11.6 Å². The van der Waals surface area contributed by atoms with Crippen molar-refractivity contribution in [3.05, 3.63) is 23.0 Å². The van der Waals surface area contributed by atoms with Gasteiger partial charge in [-0.2, -0.15) is 0 Å². The van der Waals surface area contributed by atoms with E-state index in [2.05, 4.69) is 12.2 Å². The minimum Gasteiger partial charge on any atom is -0.390 e. The Kier molecular flexibility index (Phi) is 3.37. The third kappa shape index (κ3) is 2.51. The Morgan fingerprint density at radius 2 is 2.04 bits per heavy atom. The molecule has 1 heterocycles. The van der Waals surface area contributed by atoms with Gasteiger partial charge in [-0.05, 0) is 68.8 Å². The number of hydrogen-bond donors (Lipinski definition) is 2. The SMILES string of the molecule is C[C@@H](NC(=O)c1cc(Cl)cn1C)C12C[C@H]3C[C@@H](CC(O)(C3)C1)C2. The third-order valence-corrected chi connectivity index (χ3v) is 6.75. The number of nitrogens with one attached hydrogen (secondary N) is 1. The number of aliphatic hydroxyl groups is 1. The monoisotopic (exact) mass is 336 g/mol. The molecule has 0 aliphatic heterocycles. The van der Waals surface area contributed by atoms with Gasteiger partial charge in [0.05, 0.1) is 10.6 Å². The zero-order chi connectivity index (χ0) is 16.4. The Hall–Kier alpha value is -1.00. The molecule has 4 aliphatic carbocycles. The molecule has 3 atom stereocenters. The molecular weight excluding hydrogens is 312 g/mol. The van der Waals surface area contributed by atoms with Crippen LogP contribution in [0.4, 0.5) is 0 Å². The molecule has 4 aliphatic rings. The quantitative estimate of drug-likeness (QED) is 0.891.